The number of likely N-dealkylation sites (N-methyl/N-ethyl adjacent to an activating group) is 1. The van der Waals surface area contributed by atoms with Crippen LogP contribution in [0.15, 0.2) is 48.6 Å². The number of ether oxygens (including phenoxy) is 5. The summed E-state index contributed by atoms with van der Waals surface area (Å²) in [5, 5.41) is 12.4. The van der Waals surface area contributed by atoms with Crippen LogP contribution in [0.1, 0.15) is 49.8 Å². The zero-order valence-electron chi connectivity index (χ0n) is 25.8. The van der Waals surface area contributed by atoms with Crippen LogP contribution in [0.5, 0.6) is 17.2 Å². The maximum absolute atomic E-state index is 12.4. The molecular weight excluding hydrogens is 530 g/mol. The van der Waals surface area contributed by atoms with Crippen LogP contribution in [-0.4, -0.2) is 81.0 Å². The molecule has 8 rings (SSSR count). The van der Waals surface area contributed by atoms with E-state index < -0.39 is 11.2 Å². The van der Waals surface area contributed by atoms with E-state index in [4.69, 9.17) is 23.7 Å². The van der Waals surface area contributed by atoms with Crippen molar-refractivity contribution in [2.75, 3.05) is 41.5 Å². The van der Waals surface area contributed by atoms with Crippen LogP contribution in [0.3, 0.4) is 0 Å². The fraction of sp³-hybridized carbons (Fsp3) is 0.600. The van der Waals surface area contributed by atoms with Gasteiger partial charge in [-0.15, -0.1) is 0 Å². The van der Waals surface area contributed by atoms with Gasteiger partial charge in [-0.1, -0.05) is 30.4 Å². The maximum atomic E-state index is 12.4. The second-order valence-electron chi connectivity index (χ2n) is 13.6. The van der Waals surface area contributed by atoms with Crippen LogP contribution < -0.4 is 14.2 Å². The average Bonchev–Trinajstić information content (AvgIpc) is 3.38. The maximum Gasteiger partial charge on any atom is 0.166 e. The Morgan fingerprint density at radius 3 is 2.62 bits per heavy atom. The Bertz CT molecular complexity index is 1390. The Labute approximate surface area is 249 Å². The summed E-state index contributed by atoms with van der Waals surface area (Å²) < 4.78 is 30.6. The summed E-state index contributed by atoms with van der Waals surface area (Å²) in [4.78, 5) is 2.55. The van der Waals surface area contributed by atoms with Crippen LogP contribution in [0.2, 0.25) is 0 Å². The van der Waals surface area contributed by atoms with Crippen LogP contribution in [0, 0.1) is 11.3 Å². The highest BCUT2D eigenvalue weighted by atomic mass is 16.6. The van der Waals surface area contributed by atoms with Crippen molar-refractivity contribution in [2.45, 2.75) is 80.8 Å². The van der Waals surface area contributed by atoms with E-state index in [0.717, 1.165) is 49.5 Å². The van der Waals surface area contributed by atoms with Gasteiger partial charge in [0.15, 0.2) is 11.5 Å². The third-order valence-electron chi connectivity index (χ3n) is 11.8. The molecule has 4 bridgehead atoms. The largest absolute Gasteiger partial charge is 0.493 e. The molecule has 2 aliphatic heterocycles. The molecule has 2 aromatic carbocycles. The number of rotatable bonds is 10. The second-order valence-corrected chi connectivity index (χ2v) is 13.6. The van der Waals surface area contributed by atoms with Gasteiger partial charge in [0.05, 0.1) is 24.2 Å². The zero-order valence-corrected chi connectivity index (χ0v) is 25.8. The molecular formula is C35H45NO6. The number of benzene rings is 2. The van der Waals surface area contributed by atoms with E-state index in [0.29, 0.717) is 19.1 Å². The third-order valence-corrected chi connectivity index (χ3v) is 11.8. The minimum atomic E-state index is -0.978. The van der Waals surface area contributed by atoms with E-state index in [9.17, 15) is 5.11 Å². The van der Waals surface area contributed by atoms with Gasteiger partial charge in [-0.05, 0) is 88.9 Å². The van der Waals surface area contributed by atoms with Gasteiger partial charge in [-0.25, -0.2) is 0 Å². The SMILES string of the molecule is COc1ccc2c3c1OC1C4(OC)C=CC5(CC4C(C)(O)CCc4ccc(OCC(C)OC)cc4)C(C2)N(C)CCC315. The lowest BCUT2D eigenvalue weighted by Gasteiger charge is -2.72. The fourth-order valence-corrected chi connectivity index (χ4v) is 9.52. The van der Waals surface area contributed by atoms with Gasteiger partial charge in [0.25, 0.3) is 0 Å². The first kappa shape index (κ1) is 28.2. The minimum absolute atomic E-state index is 0.0409. The van der Waals surface area contributed by atoms with Crippen LogP contribution in [-0.2, 0) is 27.7 Å². The van der Waals surface area contributed by atoms with Gasteiger partial charge < -0.3 is 33.7 Å². The van der Waals surface area contributed by atoms with Gasteiger partial charge in [-0.3, -0.25) is 0 Å². The Balaban J connectivity index is 1.22. The topological polar surface area (TPSA) is 69.6 Å². The minimum Gasteiger partial charge on any atom is -0.493 e. The van der Waals surface area contributed by atoms with Gasteiger partial charge >= 0.3 is 0 Å². The smallest absolute Gasteiger partial charge is 0.166 e. The summed E-state index contributed by atoms with van der Waals surface area (Å²) >= 11 is 0. The van der Waals surface area contributed by atoms with Crippen molar-refractivity contribution in [3.8, 4) is 17.2 Å². The number of hydrogen-bond acceptors (Lipinski definition) is 7. The van der Waals surface area contributed by atoms with E-state index in [2.05, 4.69) is 48.4 Å². The molecule has 0 radical (unpaired) electrons. The lowest BCUT2D eigenvalue weighted by Crippen LogP contribution is -2.80. The number of nitrogens with zero attached hydrogens (tertiary/aromatic N) is 1. The second kappa shape index (κ2) is 9.71. The highest BCUT2D eigenvalue weighted by Gasteiger charge is 2.80. The summed E-state index contributed by atoms with van der Waals surface area (Å²) in [6.07, 6.45) is 8.75. The molecule has 8 atom stereocenters. The summed E-state index contributed by atoms with van der Waals surface area (Å²) in [6, 6.07) is 12.9. The van der Waals surface area contributed by atoms with Crippen molar-refractivity contribution in [2.24, 2.45) is 11.3 Å². The number of aliphatic hydroxyl groups is 1. The number of likely N-dealkylation sites (tertiary alicyclic amines) is 1. The standard InChI is InChI=1S/C35H45NO6/c1-22(38-4)21-41-25-10-7-23(8-11-25)13-14-32(2,37)27-20-33-15-16-35(27,40-6)31-34(33)17-18-36(3)28(33)19-24-9-12-26(39-5)30(42-31)29(24)34/h7-12,15-16,22,27-28,31,37H,13-14,17-21H2,1-6H3. The van der Waals surface area contributed by atoms with Crippen LogP contribution >= 0.6 is 0 Å². The molecule has 6 aliphatic rings. The van der Waals surface area contributed by atoms with Crippen molar-refractivity contribution in [1.29, 1.82) is 0 Å². The highest BCUT2D eigenvalue weighted by Crippen LogP contribution is 2.75. The molecule has 2 aromatic rings. The lowest BCUT2D eigenvalue weighted by molar-refractivity contribution is -0.247. The molecule has 0 amide bonds. The number of aryl methyl sites for hydroxylation is 1. The molecule has 4 aliphatic carbocycles. The predicted molar refractivity (Wildman–Crippen MR) is 161 cm³/mol. The Hall–Kier alpha value is -2.58. The van der Waals surface area contributed by atoms with Crippen molar-refractivity contribution in [1.82, 2.24) is 4.90 Å². The molecule has 1 N–H and O–H groups in total. The van der Waals surface area contributed by atoms with E-state index in [-0.39, 0.29) is 29.0 Å². The number of methoxy groups -OCH3 is 3. The molecule has 2 heterocycles. The van der Waals surface area contributed by atoms with E-state index in [1.165, 1.54) is 16.7 Å². The molecule has 42 heavy (non-hydrogen) atoms. The van der Waals surface area contributed by atoms with E-state index in [1.807, 2.05) is 26.0 Å². The molecule has 226 valence electrons. The first-order valence-electron chi connectivity index (χ1n) is 15.5. The molecule has 1 saturated carbocycles. The molecule has 0 aromatic heterocycles. The molecule has 2 spiro atoms. The summed E-state index contributed by atoms with van der Waals surface area (Å²) in [5.41, 5.74) is 1.80. The Kier molecular flexibility index (Phi) is 6.52. The molecule has 7 heteroatoms. The number of hydrogen-bond donors (Lipinski definition) is 1. The predicted octanol–water partition coefficient (Wildman–Crippen LogP) is 4.71. The monoisotopic (exact) mass is 575 g/mol. The first-order chi connectivity index (χ1) is 20.2. The van der Waals surface area contributed by atoms with Crippen LogP contribution in [0.4, 0.5) is 0 Å². The number of piperidine rings is 1. The highest BCUT2D eigenvalue weighted by molar-refractivity contribution is 5.65. The summed E-state index contributed by atoms with van der Waals surface area (Å²) in [6.45, 7) is 5.53. The third kappa shape index (κ3) is 3.60. The average molecular weight is 576 g/mol. The van der Waals surface area contributed by atoms with Gasteiger partial charge in [-0.2, -0.15) is 0 Å². The zero-order chi connectivity index (χ0) is 29.5. The molecule has 1 saturated heterocycles. The quantitative estimate of drug-likeness (QED) is 0.412. The summed E-state index contributed by atoms with van der Waals surface area (Å²) in [5.74, 6) is 2.38. The van der Waals surface area contributed by atoms with Gasteiger partial charge in [0.2, 0.25) is 0 Å². The van der Waals surface area contributed by atoms with Crippen molar-refractivity contribution in [3.05, 3.63) is 65.2 Å². The molecule has 8 unspecified atom stereocenters. The van der Waals surface area contributed by atoms with Gasteiger partial charge in [0.1, 0.15) is 24.1 Å². The Morgan fingerprint density at radius 2 is 1.90 bits per heavy atom. The van der Waals surface area contributed by atoms with Crippen molar-refractivity contribution in [3.63, 3.8) is 0 Å². The first-order valence-corrected chi connectivity index (χ1v) is 15.5. The summed E-state index contributed by atoms with van der Waals surface area (Å²) in [7, 11) is 7.48. The fourth-order valence-electron chi connectivity index (χ4n) is 9.52. The van der Waals surface area contributed by atoms with E-state index in [1.54, 1.807) is 21.3 Å². The van der Waals surface area contributed by atoms with Crippen molar-refractivity contribution < 1.29 is 28.8 Å². The Morgan fingerprint density at radius 1 is 1.12 bits per heavy atom. The van der Waals surface area contributed by atoms with Gasteiger partial charge in [0, 0.05) is 37.2 Å². The normalized spacial score (nSPS) is 35.7. The van der Waals surface area contributed by atoms with E-state index >= 15 is 0 Å². The molecule has 7 nitrogen and oxygen atoms in total. The van der Waals surface area contributed by atoms with Crippen LogP contribution in [0.25, 0.3) is 0 Å². The van der Waals surface area contributed by atoms with Crippen molar-refractivity contribution >= 4 is 0 Å². The molecule has 2 fully saturated rings. The number of fused-ring (bicyclic) bond motifs is 1. The lowest BCUT2D eigenvalue weighted by atomic mass is 9.36.